The van der Waals surface area contributed by atoms with Gasteiger partial charge in [0, 0.05) is 23.8 Å². The number of aryl methyl sites for hydroxylation is 1. The number of hydrogen-bond acceptors (Lipinski definition) is 3. The standard InChI is InChI=1S/C18H19ClN2O/c1-3-11-21(14-17-6-4-5-15(2)20-17)12-13-22-18-9-7-16(19)8-10-18/h1,4-10H,11-14H2,2H3. The highest BCUT2D eigenvalue weighted by molar-refractivity contribution is 6.30. The van der Waals surface area contributed by atoms with Crippen molar-refractivity contribution in [2.75, 3.05) is 19.7 Å². The molecule has 0 radical (unpaired) electrons. The summed E-state index contributed by atoms with van der Waals surface area (Å²) < 4.78 is 5.71. The smallest absolute Gasteiger partial charge is 0.119 e. The van der Waals surface area contributed by atoms with Gasteiger partial charge in [0.25, 0.3) is 0 Å². The van der Waals surface area contributed by atoms with Gasteiger partial charge in [-0.3, -0.25) is 9.88 Å². The second kappa shape index (κ2) is 8.43. The Bertz CT molecular complexity index is 634. The minimum Gasteiger partial charge on any atom is -0.492 e. The summed E-state index contributed by atoms with van der Waals surface area (Å²) in [5.74, 6) is 3.49. The van der Waals surface area contributed by atoms with Gasteiger partial charge in [-0.1, -0.05) is 23.6 Å². The number of hydrogen-bond donors (Lipinski definition) is 0. The third kappa shape index (κ3) is 5.40. The van der Waals surface area contributed by atoms with Crippen LogP contribution in [0.3, 0.4) is 0 Å². The Morgan fingerprint density at radius 2 is 2.00 bits per heavy atom. The number of terminal acetylenes is 1. The molecular formula is C18H19ClN2O. The molecule has 0 saturated carbocycles. The Hall–Kier alpha value is -2.02. The molecule has 1 aromatic heterocycles. The van der Waals surface area contributed by atoms with Crippen molar-refractivity contribution in [2.24, 2.45) is 0 Å². The van der Waals surface area contributed by atoms with Crippen LogP contribution in [0.4, 0.5) is 0 Å². The van der Waals surface area contributed by atoms with Crippen LogP contribution in [-0.2, 0) is 6.54 Å². The van der Waals surface area contributed by atoms with E-state index >= 15 is 0 Å². The SMILES string of the molecule is C#CCN(CCOc1ccc(Cl)cc1)Cc1cccc(C)n1. The van der Waals surface area contributed by atoms with Crippen molar-refractivity contribution < 1.29 is 4.74 Å². The number of rotatable bonds is 7. The normalized spacial score (nSPS) is 10.5. The molecule has 22 heavy (non-hydrogen) atoms. The lowest BCUT2D eigenvalue weighted by molar-refractivity contribution is 0.218. The van der Waals surface area contributed by atoms with Crippen molar-refractivity contribution >= 4 is 11.6 Å². The monoisotopic (exact) mass is 314 g/mol. The molecule has 1 aromatic carbocycles. The fourth-order valence-electron chi connectivity index (χ4n) is 2.08. The van der Waals surface area contributed by atoms with Crippen LogP contribution in [0.25, 0.3) is 0 Å². The van der Waals surface area contributed by atoms with Crippen molar-refractivity contribution in [2.45, 2.75) is 13.5 Å². The van der Waals surface area contributed by atoms with Crippen LogP contribution in [0.15, 0.2) is 42.5 Å². The molecule has 114 valence electrons. The van der Waals surface area contributed by atoms with E-state index in [0.717, 1.165) is 30.2 Å². The van der Waals surface area contributed by atoms with Gasteiger partial charge in [0.2, 0.25) is 0 Å². The van der Waals surface area contributed by atoms with Crippen molar-refractivity contribution in [3.63, 3.8) is 0 Å². The number of halogens is 1. The minimum absolute atomic E-state index is 0.565. The van der Waals surface area contributed by atoms with E-state index in [1.54, 1.807) is 0 Å². The fraction of sp³-hybridized carbons (Fsp3) is 0.278. The van der Waals surface area contributed by atoms with Crippen molar-refractivity contribution in [3.8, 4) is 18.1 Å². The van der Waals surface area contributed by atoms with Crippen LogP contribution >= 0.6 is 11.6 Å². The summed E-state index contributed by atoms with van der Waals surface area (Å²) in [6, 6.07) is 13.3. The van der Waals surface area contributed by atoms with Crippen molar-refractivity contribution in [1.29, 1.82) is 0 Å². The number of aromatic nitrogens is 1. The van der Waals surface area contributed by atoms with Gasteiger partial charge in [-0.25, -0.2) is 0 Å². The maximum atomic E-state index is 5.85. The van der Waals surface area contributed by atoms with E-state index in [4.69, 9.17) is 22.8 Å². The van der Waals surface area contributed by atoms with Crippen molar-refractivity contribution in [3.05, 3.63) is 58.9 Å². The zero-order valence-corrected chi connectivity index (χ0v) is 13.4. The van der Waals surface area contributed by atoms with E-state index in [1.807, 2.05) is 49.4 Å². The topological polar surface area (TPSA) is 25.4 Å². The third-order valence-corrected chi connectivity index (χ3v) is 3.39. The average molecular weight is 315 g/mol. The first-order valence-electron chi connectivity index (χ1n) is 7.14. The van der Waals surface area contributed by atoms with Crippen LogP contribution in [0.1, 0.15) is 11.4 Å². The van der Waals surface area contributed by atoms with Gasteiger partial charge in [-0.05, 0) is 43.3 Å². The lowest BCUT2D eigenvalue weighted by atomic mass is 10.3. The molecule has 0 N–H and O–H groups in total. The van der Waals surface area contributed by atoms with E-state index < -0.39 is 0 Å². The van der Waals surface area contributed by atoms with Gasteiger partial charge in [0.15, 0.2) is 0 Å². The Labute approximate surface area is 136 Å². The fourth-order valence-corrected chi connectivity index (χ4v) is 2.21. The summed E-state index contributed by atoms with van der Waals surface area (Å²) >= 11 is 5.85. The number of benzene rings is 1. The average Bonchev–Trinajstić information content (AvgIpc) is 2.49. The summed E-state index contributed by atoms with van der Waals surface area (Å²) in [6.07, 6.45) is 5.44. The van der Waals surface area contributed by atoms with E-state index in [2.05, 4.69) is 15.8 Å². The predicted molar refractivity (Wildman–Crippen MR) is 90.0 cm³/mol. The Morgan fingerprint density at radius 3 is 2.68 bits per heavy atom. The molecule has 2 rings (SSSR count). The molecule has 3 nitrogen and oxygen atoms in total. The molecule has 0 bridgehead atoms. The molecule has 2 aromatic rings. The van der Waals surface area contributed by atoms with Gasteiger partial charge in [-0.15, -0.1) is 6.42 Å². The van der Waals surface area contributed by atoms with E-state index in [9.17, 15) is 0 Å². The van der Waals surface area contributed by atoms with E-state index in [-0.39, 0.29) is 0 Å². The third-order valence-electron chi connectivity index (χ3n) is 3.14. The quantitative estimate of drug-likeness (QED) is 0.731. The molecule has 4 heteroatoms. The van der Waals surface area contributed by atoms with Gasteiger partial charge >= 0.3 is 0 Å². The summed E-state index contributed by atoms with van der Waals surface area (Å²) in [4.78, 5) is 6.64. The van der Waals surface area contributed by atoms with Gasteiger partial charge in [0.05, 0.1) is 12.2 Å². The Kier molecular flexibility index (Phi) is 6.27. The molecule has 0 fully saturated rings. The largest absolute Gasteiger partial charge is 0.492 e. The highest BCUT2D eigenvalue weighted by atomic mass is 35.5. The van der Waals surface area contributed by atoms with E-state index in [1.165, 1.54) is 0 Å². The van der Waals surface area contributed by atoms with Crippen molar-refractivity contribution in [1.82, 2.24) is 9.88 Å². The highest BCUT2D eigenvalue weighted by Crippen LogP contribution is 2.15. The molecule has 0 unspecified atom stereocenters. The molecule has 0 saturated heterocycles. The summed E-state index contributed by atoms with van der Waals surface area (Å²) in [7, 11) is 0. The zero-order valence-electron chi connectivity index (χ0n) is 12.6. The number of ether oxygens (including phenoxy) is 1. The lowest BCUT2D eigenvalue weighted by Gasteiger charge is -2.19. The zero-order chi connectivity index (χ0) is 15.8. The minimum atomic E-state index is 0.565. The summed E-state index contributed by atoms with van der Waals surface area (Å²) in [5.41, 5.74) is 2.03. The first-order valence-corrected chi connectivity index (χ1v) is 7.52. The Morgan fingerprint density at radius 1 is 1.23 bits per heavy atom. The van der Waals surface area contributed by atoms with Gasteiger partial charge in [-0.2, -0.15) is 0 Å². The molecule has 1 heterocycles. The first-order chi connectivity index (χ1) is 10.7. The number of nitrogens with zero attached hydrogens (tertiary/aromatic N) is 2. The summed E-state index contributed by atoms with van der Waals surface area (Å²) in [6.45, 7) is 4.58. The Balaban J connectivity index is 1.86. The van der Waals surface area contributed by atoms with Crippen LogP contribution in [-0.4, -0.2) is 29.6 Å². The second-order valence-corrected chi connectivity index (χ2v) is 5.42. The maximum absolute atomic E-state index is 5.85. The molecule has 0 atom stereocenters. The molecule has 0 aliphatic rings. The molecule has 0 spiro atoms. The molecule has 0 amide bonds. The van der Waals surface area contributed by atoms with Crippen LogP contribution < -0.4 is 4.74 Å². The van der Waals surface area contributed by atoms with Crippen LogP contribution in [0, 0.1) is 19.3 Å². The van der Waals surface area contributed by atoms with E-state index in [0.29, 0.717) is 18.2 Å². The predicted octanol–water partition coefficient (Wildman–Crippen LogP) is 3.56. The highest BCUT2D eigenvalue weighted by Gasteiger charge is 2.06. The molecule has 0 aliphatic carbocycles. The van der Waals surface area contributed by atoms with Gasteiger partial charge < -0.3 is 4.74 Å². The first kappa shape index (κ1) is 16.4. The van der Waals surface area contributed by atoms with Crippen LogP contribution in [0.2, 0.25) is 5.02 Å². The summed E-state index contributed by atoms with van der Waals surface area (Å²) in [5, 5.41) is 0.701. The molecule has 0 aliphatic heterocycles. The molecular weight excluding hydrogens is 296 g/mol. The van der Waals surface area contributed by atoms with Crippen LogP contribution in [0.5, 0.6) is 5.75 Å². The number of pyridine rings is 1. The van der Waals surface area contributed by atoms with Gasteiger partial charge in [0.1, 0.15) is 12.4 Å². The second-order valence-electron chi connectivity index (χ2n) is 4.99. The lowest BCUT2D eigenvalue weighted by Crippen LogP contribution is -2.29. The maximum Gasteiger partial charge on any atom is 0.119 e.